The Bertz CT molecular complexity index is 1400. The molecule has 0 amide bonds. The van der Waals surface area contributed by atoms with E-state index in [0.717, 1.165) is 4.88 Å². The Kier molecular flexibility index (Phi) is 6.53. The standard InChI is InChI=1S/C24H24N2O5S2/c1-13(2)31-23(28)20-14(3)25-24-26(21(20)18-7-6-10-32-18)22(27)19(33-24)12-15-11-16(29-4)8-9-17(15)30-5/h6-13,21H,1-5H3. The second-order valence-corrected chi connectivity index (χ2v) is 9.65. The van der Waals surface area contributed by atoms with Crippen LogP contribution in [0, 0.1) is 0 Å². The van der Waals surface area contributed by atoms with E-state index in [1.165, 1.54) is 22.7 Å². The lowest BCUT2D eigenvalue weighted by Gasteiger charge is -2.24. The Labute approximate surface area is 198 Å². The number of benzene rings is 1. The molecule has 0 N–H and O–H groups in total. The van der Waals surface area contributed by atoms with Crippen LogP contribution in [-0.2, 0) is 9.53 Å². The van der Waals surface area contributed by atoms with Crippen LogP contribution < -0.4 is 24.4 Å². The SMILES string of the molecule is COc1ccc(OC)c(C=c2sc3n(c2=O)C(c2cccs2)C(C(=O)OC(C)C)=C(C)N=3)c1. The van der Waals surface area contributed by atoms with Gasteiger partial charge in [0.1, 0.15) is 17.5 Å². The first-order valence-corrected chi connectivity index (χ1v) is 12.0. The Morgan fingerprint density at radius 2 is 2.00 bits per heavy atom. The predicted molar refractivity (Wildman–Crippen MR) is 129 cm³/mol. The quantitative estimate of drug-likeness (QED) is 0.502. The smallest absolute Gasteiger partial charge is 0.338 e. The summed E-state index contributed by atoms with van der Waals surface area (Å²) in [6.07, 6.45) is 1.48. The van der Waals surface area contributed by atoms with Gasteiger partial charge in [-0.3, -0.25) is 9.36 Å². The van der Waals surface area contributed by atoms with Crippen molar-refractivity contribution in [3.63, 3.8) is 0 Å². The van der Waals surface area contributed by atoms with Crippen molar-refractivity contribution in [1.29, 1.82) is 0 Å². The van der Waals surface area contributed by atoms with Gasteiger partial charge >= 0.3 is 5.97 Å². The summed E-state index contributed by atoms with van der Waals surface area (Å²) in [6, 6.07) is 8.62. The van der Waals surface area contributed by atoms with Gasteiger partial charge in [-0.1, -0.05) is 17.4 Å². The van der Waals surface area contributed by atoms with Crippen LogP contribution in [0.4, 0.5) is 0 Å². The van der Waals surface area contributed by atoms with E-state index in [1.807, 2.05) is 23.6 Å². The normalized spacial score (nSPS) is 15.9. The van der Waals surface area contributed by atoms with E-state index in [2.05, 4.69) is 4.99 Å². The first-order chi connectivity index (χ1) is 15.8. The number of rotatable bonds is 6. The van der Waals surface area contributed by atoms with Crippen LogP contribution in [0.3, 0.4) is 0 Å². The Hall–Kier alpha value is -3.17. The van der Waals surface area contributed by atoms with Gasteiger partial charge in [0.05, 0.1) is 36.1 Å². The number of methoxy groups -OCH3 is 2. The molecule has 0 radical (unpaired) electrons. The number of esters is 1. The molecule has 33 heavy (non-hydrogen) atoms. The van der Waals surface area contributed by atoms with E-state index in [-0.39, 0.29) is 11.7 Å². The third-order valence-electron chi connectivity index (χ3n) is 5.12. The van der Waals surface area contributed by atoms with Crippen LogP contribution in [-0.4, -0.2) is 30.9 Å². The van der Waals surface area contributed by atoms with Crippen LogP contribution >= 0.6 is 22.7 Å². The van der Waals surface area contributed by atoms with Gasteiger partial charge in [0.2, 0.25) is 0 Å². The van der Waals surface area contributed by atoms with Crippen LogP contribution in [0.5, 0.6) is 11.5 Å². The first kappa shape index (κ1) is 23.0. The summed E-state index contributed by atoms with van der Waals surface area (Å²) in [7, 11) is 3.16. The summed E-state index contributed by atoms with van der Waals surface area (Å²) in [4.78, 5) is 32.6. The number of allylic oxidation sites excluding steroid dienone is 1. The molecule has 0 spiro atoms. The molecular formula is C24H24N2O5S2. The van der Waals surface area contributed by atoms with Crippen molar-refractivity contribution in [3.05, 3.63) is 77.1 Å². The number of nitrogens with zero attached hydrogens (tertiary/aromatic N) is 2. The molecule has 1 aromatic carbocycles. The van der Waals surface area contributed by atoms with Crippen LogP contribution in [0.2, 0.25) is 0 Å². The van der Waals surface area contributed by atoms with E-state index in [0.29, 0.717) is 37.7 Å². The number of fused-ring (bicyclic) bond motifs is 1. The molecule has 4 rings (SSSR count). The third kappa shape index (κ3) is 4.38. The molecule has 1 unspecified atom stereocenters. The molecule has 1 aliphatic rings. The Balaban J connectivity index is 1.93. The molecule has 0 saturated heterocycles. The number of carbonyl (C=O) groups is 1. The molecule has 172 valence electrons. The maximum atomic E-state index is 13.6. The molecular weight excluding hydrogens is 460 g/mol. The van der Waals surface area contributed by atoms with Gasteiger partial charge in [0, 0.05) is 10.4 Å². The highest BCUT2D eigenvalue weighted by Gasteiger charge is 2.34. The molecule has 0 bridgehead atoms. The fourth-order valence-corrected chi connectivity index (χ4v) is 5.53. The second-order valence-electron chi connectivity index (χ2n) is 7.66. The van der Waals surface area contributed by atoms with Crippen LogP contribution in [0.1, 0.15) is 37.3 Å². The van der Waals surface area contributed by atoms with Crippen LogP contribution in [0.15, 0.2) is 56.8 Å². The Morgan fingerprint density at radius 1 is 1.21 bits per heavy atom. The molecule has 0 fully saturated rings. The lowest BCUT2D eigenvalue weighted by molar-refractivity contribution is -0.143. The fraction of sp³-hybridized carbons (Fsp3) is 0.292. The van der Waals surface area contributed by atoms with Crippen molar-refractivity contribution < 1.29 is 19.0 Å². The number of thiophene rings is 1. The minimum Gasteiger partial charge on any atom is -0.497 e. The van der Waals surface area contributed by atoms with Crippen molar-refractivity contribution >= 4 is 34.7 Å². The maximum Gasteiger partial charge on any atom is 0.338 e. The monoisotopic (exact) mass is 484 g/mol. The van der Waals surface area contributed by atoms with Crippen molar-refractivity contribution in [2.45, 2.75) is 32.9 Å². The lowest BCUT2D eigenvalue weighted by atomic mass is 10.0. The zero-order valence-electron chi connectivity index (χ0n) is 18.9. The first-order valence-electron chi connectivity index (χ1n) is 10.3. The summed E-state index contributed by atoms with van der Waals surface area (Å²) in [5.74, 6) is 0.808. The zero-order chi connectivity index (χ0) is 23.7. The van der Waals surface area contributed by atoms with Gasteiger partial charge in [-0.05, 0) is 56.5 Å². The van der Waals surface area contributed by atoms with Gasteiger partial charge in [-0.15, -0.1) is 11.3 Å². The number of carbonyl (C=O) groups excluding carboxylic acids is 1. The van der Waals surface area contributed by atoms with Gasteiger partial charge in [-0.2, -0.15) is 0 Å². The maximum absolute atomic E-state index is 13.6. The molecule has 1 aliphatic heterocycles. The second kappa shape index (κ2) is 9.36. The molecule has 1 atom stereocenters. The summed E-state index contributed by atoms with van der Waals surface area (Å²) >= 11 is 2.75. The summed E-state index contributed by atoms with van der Waals surface area (Å²) in [6.45, 7) is 5.37. The fourth-order valence-electron chi connectivity index (χ4n) is 3.67. The van der Waals surface area contributed by atoms with Gasteiger partial charge in [-0.25, -0.2) is 9.79 Å². The van der Waals surface area contributed by atoms with Gasteiger partial charge in [0.25, 0.3) is 5.56 Å². The third-order valence-corrected chi connectivity index (χ3v) is 7.03. The van der Waals surface area contributed by atoms with E-state index in [1.54, 1.807) is 57.8 Å². The average Bonchev–Trinajstić information content (AvgIpc) is 3.41. The predicted octanol–water partition coefficient (Wildman–Crippen LogP) is 3.27. The number of ether oxygens (including phenoxy) is 3. The highest BCUT2D eigenvalue weighted by atomic mass is 32.1. The minimum absolute atomic E-state index is 0.232. The van der Waals surface area contributed by atoms with Crippen molar-refractivity contribution in [3.8, 4) is 11.5 Å². The molecule has 9 heteroatoms. The van der Waals surface area contributed by atoms with Gasteiger partial charge < -0.3 is 14.2 Å². The Morgan fingerprint density at radius 3 is 2.64 bits per heavy atom. The highest BCUT2D eigenvalue weighted by Crippen LogP contribution is 2.33. The summed E-state index contributed by atoms with van der Waals surface area (Å²) < 4.78 is 18.3. The van der Waals surface area contributed by atoms with E-state index in [9.17, 15) is 9.59 Å². The van der Waals surface area contributed by atoms with Crippen molar-refractivity contribution in [2.75, 3.05) is 14.2 Å². The van der Waals surface area contributed by atoms with E-state index in [4.69, 9.17) is 14.2 Å². The van der Waals surface area contributed by atoms with E-state index >= 15 is 0 Å². The minimum atomic E-state index is -0.596. The van der Waals surface area contributed by atoms with Crippen molar-refractivity contribution in [2.24, 2.45) is 4.99 Å². The largest absolute Gasteiger partial charge is 0.497 e. The zero-order valence-corrected chi connectivity index (χ0v) is 20.6. The molecule has 2 aromatic heterocycles. The highest BCUT2D eigenvalue weighted by molar-refractivity contribution is 7.10. The molecule has 7 nitrogen and oxygen atoms in total. The summed E-state index contributed by atoms with van der Waals surface area (Å²) in [5.41, 5.74) is 1.41. The topological polar surface area (TPSA) is 79.1 Å². The molecule has 0 aliphatic carbocycles. The molecule has 3 aromatic rings. The van der Waals surface area contributed by atoms with Crippen molar-refractivity contribution in [1.82, 2.24) is 4.57 Å². The number of hydrogen-bond donors (Lipinski definition) is 0. The number of thiazole rings is 1. The number of aromatic nitrogens is 1. The number of hydrogen-bond acceptors (Lipinski definition) is 8. The molecule has 0 saturated carbocycles. The summed E-state index contributed by atoms with van der Waals surface area (Å²) in [5, 5.41) is 1.92. The van der Waals surface area contributed by atoms with Crippen LogP contribution in [0.25, 0.3) is 6.08 Å². The van der Waals surface area contributed by atoms with Gasteiger partial charge in [0.15, 0.2) is 4.80 Å². The van der Waals surface area contributed by atoms with E-state index < -0.39 is 12.0 Å². The lowest BCUT2D eigenvalue weighted by Crippen LogP contribution is -2.39. The average molecular weight is 485 g/mol. The molecule has 3 heterocycles.